The topological polar surface area (TPSA) is 38.3 Å². The number of nitrogens with one attached hydrogen (secondary N) is 1. The quantitative estimate of drug-likeness (QED) is 0.747. The van der Waals surface area contributed by atoms with Gasteiger partial charge in [-0.3, -0.25) is 4.79 Å². The third-order valence-electron chi connectivity index (χ3n) is 3.04. The summed E-state index contributed by atoms with van der Waals surface area (Å²) >= 11 is 0. The fourth-order valence-electron chi connectivity index (χ4n) is 2.11. The van der Waals surface area contributed by atoms with Crippen LogP contribution >= 0.6 is 0 Å². The molecule has 2 rings (SSSR count). The average Bonchev–Trinajstić information content (AvgIpc) is 2.40. The molecule has 0 atom stereocenters. The van der Waals surface area contributed by atoms with E-state index in [0.717, 1.165) is 16.9 Å². The van der Waals surface area contributed by atoms with E-state index in [2.05, 4.69) is 32.2 Å². The molecule has 0 aliphatic carbocycles. The van der Waals surface area contributed by atoms with Crippen LogP contribution in [0.1, 0.15) is 42.3 Å². The molecule has 1 aromatic carbocycles. The maximum absolute atomic E-state index is 12.0. The molecule has 0 aromatic heterocycles. The molecule has 0 fully saturated rings. The zero-order chi connectivity index (χ0) is 12.6. The van der Waals surface area contributed by atoms with E-state index in [0.29, 0.717) is 18.7 Å². The third kappa shape index (κ3) is 2.14. The first kappa shape index (κ1) is 12.0. The van der Waals surface area contributed by atoms with Crippen molar-refractivity contribution in [3.05, 3.63) is 28.8 Å². The minimum absolute atomic E-state index is 0.0254. The lowest BCUT2D eigenvalue weighted by Crippen LogP contribution is -2.25. The number of fused-ring (bicyclic) bond motifs is 1. The van der Waals surface area contributed by atoms with Crippen LogP contribution in [0, 0.1) is 6.92 Å². The minimum atomic E-state index is -0.0268. The molecule has 0 saturated carbocycles. The normalized spacial score (nSPS) is 15.6. The molecule has 1 aliphatic rings. The molecule has 1 N–H and O–H groups in total. The number of benzene rings is 1. The Hall–Kier alpha value is -1.51. The zero-order valence-corrected chi connectivity index (χ0v) is 10.9. The molecule has 17 heavy (non-hydrogen) atoms. The fraction of sp³-hybridized carbons (Fsp3) is 0.500. The summed E-state index contributed by atoms with van der Waals surface area (Å²) in [6, 6.07) is 4.06. The predicted octanol–water partition coefficient (Wildman–Crippen LogP) is 2.41. The molecule has 1 aliphatic heterocycles. The summed E-state index contributed by atoms with van der Waals surface area (Å²) in [6.07, 6.45) is 0. The van der Waals surface area contributed by atoms with E-state index in [1.165, 1.54) is 0 Å². The van der Waals surface area contributed by atoms with Gasteiger partial charge in [-0.2, -0.15) is 0 Å². The monoisotopic (exact) mass is 233 g/mol. The van der Waals surface area contributed by atoms with E-state index in [1.807, 2.05) is 13.0 Å². The van der Waals surface area contributed by atoms with Gasteiger partial charge in [0.1, 0.15) is 12.4 Å². The van der Waals surface area contributed by atoms with Crippen molar-refractivity contribution in [2.45, 2.75) is 33.1 Å². The second-order valence-electron chi connectivity index (χ2n) is 5.49. The van der Waals surface area contributed by atoms with Gasteiger partial charge in [0.2, 0.25) is 0 Å². The van der Waals surface area contributed by atoms with Gasteiger partial charge in [-0.05, 0) is 17.9 Å². The highest BCUT2D eigenvalue weighted by Gasteiger charge is 2.27. The number of aryl methyl sites for hydroxylation is 1. The molecule has 0 unspecified atom stereocenters. The second-order valence-corrected chi connectivity index (χ2v) is 5.49. The summed E-state index contributed by atoms with van der Waals surface area (Å²) in [7, 11) is 0. The van der Waals surface area contributed by atoms with Crippen molar-refractivity contribution < 1.29 is 9.53 Å². The lowest BCUT2D eigenvalue weighted by Gasteiger charge is -2.24. The smallest absolute Gasteiger partial charge is 0.255 e. The Morgan fingerprint density at radius 2 is 2.00 bits per heavy atom. The van der Waals surface area contributed by atoms with E-state index in [1.54, 1.807) is 0 Å². The van der Waals surface area contributed by atoms with Crippen LogP contribution in [-0.2, 0) is 5.41 Å². The van der Waals surface area contributed by atoms with Crippen molar-refractivity contribution in [3.8, 4) is 5.75 Å². The molecular weight excluding hydrogens is 214 g/mol. The summed E-state index contributed by atoms with van der Waals surface area (Å²) in [5.74, 6) is 0.730. The van der Waals surface area contributed by atoms with E-state index in [9.17, 15) is 4.79 Å². The third-order valence-corrected chi connectivity index (χ3v) is 3.04. The molecule has 0 saturated heterocycles. The molecule has 1 aromatic rings. The van der Waals surface area contributed by atoms with Gasteiger partial charge in [0.25, 0.3) is 5.91 Å². The Balaban J connectivity index is 2.67. The Morgan fingerprint density at radius 1 is 1.29 bits per heavy atom. The maximum atomic E-state index is 12.0. The highest BCUT2D eigenvalue weighted by atomic mass is 16.5. The van der Waals surface area contributed by atoms with Crippen LogP contribution in [0.5, 0.6) is 5.75 Å². The molecule has 1 heterocycles. The number of carbonyl (C=O) groups is 1. The van der Waals surface area contributed by atoms with Crippen molar-refractivity contribution in [1.29, 1.82) is 0 Å². The van der Waals surface area contributed by atoms with Gasteiger partial charge >= 0.3 is 0 Å². The summed E-state index contributed by atoms with van der Waals surface area (Å²) in [5.41, 5.74) is 2.72. The van der Waals surface area contributed by atoms with Crippen molar-refractivity contribution in [2.24, 2.45) is 0 Å². The molecule has 0 bridgehead atoms. The zero-order valence-electron chi connectivity index (χ0n) is 10.9. The Labute approximate surface area is 102 Å². The van der Waals surface area contributed by atoms with Crippen molar-refractivity contribution in [3.63, 3.8) is 0 Å². The highest BCUT2D eigenvalue weighted by Crippen LogP contribution is 2.36. The van der Waals surface area contributed by atoms with Gasteiger partial charge in [0.05, 0.1) is 12.1 Å². The first-order valence-corrected chi connectivity index (χ1v) is 5.96. The summed E-state index contributed by atoms with van der Waals surface area (Å²) in [4.78, 5) is 12.0. The SMILES string of the molecule is Cc1ccc(C(C)(C)C)c2c1C(=O)NCCO2. The molecule has 92 valence electrons. The lowest BCUT2D eigenvalue weighted by molar-refractivity contribution is 0.0956. The predicted molar refractivity (Wildman–Crippen MR) is 67.7 cm³/mol. The molecular formula is C14H19NO2. The van der Waals surface area contributed by atoms with Crippen molar-refractivity contribution in [2.75, 3.05) is 13.2 Å². The van der Waals surface area contributed by atoms with Gasteiger partial charge in [0.15, 0.2) is 0 Å². The number of ether oxygens (including phenoxy) is 1. The highest BCUT2D eigenvalue weighted by molar-refractivity contribution is 5.99. The van der Waals surface area contributed by atoms with E-state index in [-0.39, 0.29) is 11.3 Å². The number of carbonyl (C=O) groups excluding carboxylic acids is 1. The fourth-order valence-corrected chi connectivity index (χ4v) is 2.11. The number of hydrogen-bond donors (Lipinski definition) is 1. The Morgan fingerprint density at radius 3 is 2.65 bits per heavy atom. The Bertz CT molecular complexity index is 458. The molecule has 1 amide bonds. The van der Waals surface area contributed by atoms with E-state index in [4.69, 9.17) is 4.74 Å². The van der Waals surface area contributed by atoms with Gasteiger partial charge in [-0.15, -0.1) is 0 Å². The van der Waals surface area contributed by atoms with Gasteiger partial charge < -0.3 is 10.1 Å². The summed E-state index contributed by atoms with van der Waals surface area (Å²) in [6.45, 7) is 9.43. The Kier molecular flexibility index (Phi) is 2.86. The first-order chi connectivity index (χ1) is 7.91. The molecule has 0 radical (unpaired) electrons. The molecule has 3 heteroatoms. The molecule has 3 nitrogen and oxygen atoms in total. The van der Waals surface area contributed by atoms with E-state index < -0.39 is 0 Å². The largest absolute Gasteiger partial charge is 0.491 e. The number of hydrogen-bond acceptors (Lipinski definition) is 2. The van der Waals surface area contributed by atoms with Crippen molar-refractivity contribution in [1.82, 2.24) is 5.32 Å². The number of amides is 1. The van der Waals surface area contributed by atoms with Crippen LogP contribution < -0.4 is 10.1 Å². The summed E-state index contributed by atoms with van der Waals surface area (Å²) in [5, 5.41) is 2.86. The van der Waals surface area contributed by atoms with E-state index >= 15 is 0 Å². The first-order valence-electron chi connectivity index (χ1n) is 5.96. The van der Waals surface area contributed by atoms with Gasteiger partial charge in [-0.1, -0.05) is 32.9 Å². The maximum Gasteiger partial charge on any atom is 0.255 e. The van der Waals surface area contributed by atoms with Gasteiger partial charge in [-0.25, -0.2) is 0 Å². The van der Waals surface area contributed by atoms with Crippen LogP contribution in [0.25, 0.3) is 0 Å². The standard InChI is InChI=1S/C14H19NO2/c1-9-5-6-10(14(2,3)4)12-11(9)13(16)15-7-8-17-12/h5-6H,7-8H2,1-4H3,(H,15,16). The average molecular weight is 233 g/mol. The minimum Gasteiger partial charge on any atom is -0.491 e. The van der Waals surface area contributed by atoms with Crippen LogP contribution in [-0.4, -0.2) is 19.1 Å². The number of rotatable bonds is 0. The van der Waals surface area contributed by atoms with Gasteiger partial charge in [0, 0.05) is 5.56 Å². The summed E-state index contributed by atoms with van der Waals surface area (Å²) < 4.78 is 5.77. The van der Waals surface area contributed by atoms with Crippen LogP contribution in [0.4, 0.5) is 0 Å². The van der Waals surface area contributed by atoms with Crippen LogP contribution in [0.3, 0.4) is 0 Å². The molecule has 0 spiro atoms. The lowest BCUT2D eigenvalue weighted by atomic mass is 9.84. The van der Waals surface area contributed by atoms with Crippen LogP contribution in [0.15, 0.2) is 12.1 Å². The van der Waals surface area contributed by atoms with Crippen LogP contribution in [0.2, 0.25) is 0 Å². The second kappa shape index (κ2) is 4.06. The van der Waals surface area contributed by atoms with Crippen molar-refractivity contribution >= 4 is 5.91 Å².